The molecule has 108 valence electrons. The molecule has 0 atom stereocenters. The maximum Gasteiger partial charge on any atom is 0.412 e. The van der Waals surface area contributed by atoms with E-state index in [2.05, 4.69) is 10.2 Å². The van der Waals surface area contributed by atoms with E-state index in [1.165, 1.54) is 24.3 Å². The Kier molecular flexibility index (Phi) is 4.52. The van der Waals surface area contributed by atoms with Crippen molar-refractivity contribution in [3.05, 3.63) is 34.4 Å². The Morgan fingerprint density at radius 2 is 1.95 bits per heavy atom. The third-order valence-electron chi connectivity index (χ3n) is 3.30. The smallest absolute Gasteiger partial charge is 0.410 e. The Morgan fingerprint density at radius 3 is 2.50 bits per heavy atom. The van der Waals surface area contributed by atoms with Gasteiger partial charge in [-0.2, -0.15) is 0 Å². The number of nitrogens with zero attached hydrogens (tertiary/aromatic N) is 2. The van der Waals surface area contributed by atoms with Crippen LogP contribution >= 0.6 is 0 Å². The van der Waals surface area contributed by atoms with E-state index in [0.717, 1.165) is 25.9 Å². The molecule has 0 aliphatic carbocycles. The summed E-state index contributed by atoms with van der Waals surface area (Å²) >= 11 is 0. The van der Waals surface area contributed by atoms with Crippen LogP contribution in [0.15, 0.2) is 24.3 Å². The molecule has 0 aromatic heterocycles. The van der Waals surface area contributed by atoms with Gasteiger partial charge in [-0.3, -0.25) is 10.1 Å². The molecule has 1 heterocycles. The minimum Gasteiger partial charge on any atom is -0.410 e. The van der Waals surface area contributed by atoms with Gasteiger partial charge in [-0.05, 0) is 45.1 Å². The molecule has 7 heteroatoms. The zero-order valence-electron chi connectivity index (χ0n) is 11.2. The van der Waals surface area contributed by atoms with Gasteiger partial charge in [0.1, 0.15) is 5.75 Å². The number of nitro benzene ring substituents is 1. The first-order valence-electron chi connectivity index (χ1n) is 6.46. The SMILES string of the molecule is CN1CCC(NC(=O)Oc2ccc([N+](=O)[O-])cc2)CC1. The van der Waals surface area contributed by atoms with Gasteiger partial charge in [-0.1, -0.05) is 0 Å². The molecule has 0 unspecified atom stereocenters. The highest BCUT2D eigenvalue weighted by Crippen LogP contribution is 2.17. The van der Waals surface area contributed by atoms with Gasteiger partial charge in [0.05, 0.1) is 4.92 Å². The van der Waals surface area contributed by atoms with E-state index in [9.17, 15) is 14.9 Å². The van der Waals surface area contributed by atoms with Crippen LogP contribution in [-0.4, -0.2) is 42.1 Å². The van der Waals surface area contributed by atoms with Gasteiger partial charge in [-0.25, -0.2) is 4.79 Å². The Hall–Kier alpha value is -2.15. The zero-order chi connectivity index (χ0) is 14.5. The molecule has 0 radical (unpaired) electrons. The summed E-state index contributed by atoms with van der Waals surface area (Å²) in [5.41, 5.74) is -0.0342. The molecule has 0 spiro atoms. The summed E-state index contributed by atoms with van der Waals surface area (Å²) in [5.74, 6) is 0.293. The van der Waals surface area contributed by atoms with Gasteiger partial charge < -0.3 is 15.0 Å². The monoisotopic (exact) mass is 279 g/mol. The first-order chi connectivity index (χ1) is 9.54. The van der Waals surface area contributed by atoms with Crippen molar-refractivity contribution in [1.82, 2.24) is 10.2 Å². The van der Waals surface area contributed by atoms with Crippen molar-refractivity contribution in [1.29, 1.82) is 0 Å². The lowest BCUT2D eigenvalue weighted by Crippen LogP contribution is -2.44. The number of likely N-dealkylation sites (tertiary alicyclic amines) is 1. The predicted molar refractivity (Wildman–Crippen MR) is 72.8 cm³/mol. The lowest BCUT2D eigenvalue weighted by molar-refractivity contribution is -0.384. The number of ether oxygens (including phenoxy) is 1. The molecule has 0 bridgehead atoms. The van der Waals surface area contributed by atoms with Crippen LogP contribution in [0.5, 0.6) is 5.75 Å². The number of rotatable bonds is 3. The van der Waals surface area contributed by atoms with Gasteiger partial charge in [0.25, 0.3) is 5.69 Å². The van der Waals surface area contributed by atoms with E-state index in [1.807, 2.05) is 7.05 Å². The minimum absolute atomic E-state index is 0.0342. The number of nitro groups is 1. The van der Waals surface area contributed by atoms with Crippen LogP contribution in [0.25, 0.3) is 0 Å². The van der Waals surface area contributed by atoms with Crippen molar-refractivity contribution in [2.24, 2.45) is 0 Å². The Bertz CT molecular complexity index is 481. The molecule has 1 amide bonds. The van der Waals surface area contributed by atoms with Gasteiger partial charge in [0.2, 0.25) is 0 Å². The Morgan fingerprint density at radius 1 is 1.35 bits per heavy atom. The van der Waals surface area contributed by atoms with Crippen molar-refractivity contribution >= 4 is 11.8 Å². The predicted octanol–water partition coefficient (Wildman–Crippen LogP) is 1.78. The van der Waals surface area contributed by atoms with E-state index in [1.54, 1.807) is 0 Å². The summed E-state index contributed by atoms with van der Waals surface area (Å²) in [4.78, 5) is 23.9. The second-order valence-electron chi connectivity index (χ2n) is 4.86. The molecule has 1 N–H and O–H groups in total. The van der Waals surface area contributed by atoms with E-state index >= 15 is 0 Å². The number of hydrogen-bond acceptors (Lipinski definition) is 5. The lowest BCUT2D eigenvalue weighted by atomic mass is 10.1. The topological polar surface area (TPSA) is 84.7 Å². The van der Waals surface area contributed by atoms with E-state index in [-0.39, 0.29) is 11.7 Å². The summed E-state index contributed by atoms with van der Waals surface area (Å²) in [6, 6.07) is 5.55. The van der Waals surface area contributed by atoms with E-state index in [0.29, 0.717) is 5.75 Å². The summed E-state index contributed by atoms with van der Waals surface area (Å²) in [6.45, 7) is 1.89. The van der Waals surface area contributed by atoms with Crippen molar-refractivity contribution in [2.75, 3.05) is 20.1 Å². The first kappa shape index (κ1) is 14.3. The number of amides is 1. The number of hydrogen-bond donors (Lipinski definition) is 1. The van der Waals surface area contributed by atoms with Crippen molar-refractivity contribution in [2.45, 2.75) is 18.9 Å². The van der Waals surface area contributed by atoms with Crippen LogP contribution in [0, 0.1) is 10.1 Å². The van der Waals surface area contributed by atoms with Gasteiger partial charge >= 0.3 is 6.09 Å². The minimum atomic E-state index is -0.520. The highest BCUT2D eigenvalue weighted by atomic mass is 16.6. The maximum absolute atomic E-state index is 11.7. The fourth-order valence-electron chi connectivity index (χ4n) is 2.09. The largest absolute Gasteiger partial charge is 0.412 e. The van der Waals surface area contributed by atoms with E-state index < -0.39 is 11.0 Å². The van der Waals surface area contributed by atoms with Crippen molar-refractivity contribution in [3.8, 4) is 5.75 Å². The fourth-order valence-corrected chi connectivity index (χ4v) is 2.09. The molecule has 1 aliphatic rings. The second kappa shape index (κ2) is 6.33. The van der Waals surface area contributed by atoms with Gasteiger partial charge in [-0.15, -0.1) is 0 Å². The first-order valence-corrected chi connectivity index (χ1v) is 6.46. The average Bonchev–Trinajstić information content (AvgIpc) is 2.42. The van der Waals surface area contributed by atoms with Crippen molar-refractivity contribution < 1.29 is 14.5 Å². The highest BCUT2D eigenvalue weighted by molar-refractivity contribution is 5.70. The molecule has 2 rings (SSSR count). The molecule has 1 fully saturated rings. The molecule has 1 aliphatic heterocycles. The van der Waals surface area contributed by atoms with Gasteiger partial charge in [0, 0.05) is 18.2 Å². The molecular weight excluding hydrogens is 262 g/mol. The quantitative estimate of drug-likeness (QED) is 0.673. The zero-order valence-corrected chi connectivity index (χ0v) is 11.2. The Balaban J connectivity index is 1.83. The van der Waals surface area contributed by atoms with Crippen LogP contribution in [0.2, 0.25) is 0 Å². The number of carbonyl (C=O) groups is 1. The number of nitrogens with one attached hydrogen (secondary N) is 1. The molecule has 20 heavy (non-hydrogen) atoms. The summed E-state index contributed by atoms with van der Waals surface area (Å²) in [5, 5.41) is 13.3. The molecular formula is C13H17N3O4. The van der Waals surface area contributed by atoms with Crippen LogP contribution in [0.3, 0.4) is 0 Å². The standard InChI is InChI=1S/C13H17N3O4/c1-15-8-6-10(7-9-15)14-13(17)20-12-4-2-11(3-5-12)16(18)19/h2-5,10H,6-9H2,1H3,(H,14,17). The number of carbonyl (C=O) groups excluding carboxylic acids is 1. The second-order valence-corrected chi connectivity index (χ2v) is 4.86. The lowest BCUT2D eigenvalue weighted by Gasteiger charge is -2.29. The Labute approximate surface area is 116 Å². The summed E-state index contributed by atoms with van der Waals surface area (Å²) in [6.07, 6.45) is 1.27. The van der Waals surface area contributed by atoms with Crippen LogP contribution < -0.4 is 10.1 Å². The molecule has 1 aromatic rings. The van der Waals surface area contributed by atoms with Crippen LogP contribution in [0.1, 0.15) is 12.8 Å². The van der Waals surface area contributed by atoms with Crippen LogP contribution in [-0.2, 0) is 0 Å². The average molecular weight is 279 g/mol. The normalized spacial score (nSPS) is 16.6. The van der Waals surface area contributed by atoms with Crippen molar-refractivity contribution in [3.63, 3.8) is 0 Å². The third kappa shape index (κ3) is 3.92. The fraction of sp³-hybridized carbons (Fsp3) is 0.462. The van der Waals surface area contributed by atoms with Gasteiger partial charge in [0.15, 0.2) is 0 Å². The maximum atomic E-state index is 11.7. The number of non-ortho nitro benzene ring substituents is 1. The summed E-state index contributed by atoms with van der Waals surface area (Å²) < 4.78 is 5.09. The number of benzene rings is 1. The molecule has 1 aromatic carbocycles. The molecule has 1 saturated heterocycles. The van der Waals surface area contributed by atoms with E-state index in [4.69, 9.17) is 4.74 Å². The third-order valence-corrected chi connectivity index (χ3v) is 3.30. The highest BCUT2D eigenvalue weighted by Gasteiger charge is 2.19. The summed E-state index contributed by atoms with van der Waals surface area (Å²) in [7, 11) is 2.05. The van der Waals surface area contributed by atoms with Crippen LogP contribution in [0.4, 0.5) is 10.5 Å². The molecule has 0 saturated carbocycles. The molecule has 7 nitrogen and oxygen atoms in total. The number of piperidine rings is 1.